The van der Waals surface area contributed by atoms with Gasteiger partial charge in [-0.3, -0.25) is 9.36 Å². The molecule has 3 heterocycles. The number of amides is 1. The van der Waals surface area contributed by atoms with Crippen LogP contribution in [0.5, 0.6) is 0 Å². The first-order valence-electron chi connectivity index (χ1n) is 9.03. The summed E-state index contributed by atoms with van der Waals surface area (Å²) in [6, 6.07) is 9.85. The predicted molar refractivity (Wildman–Crippen MR) is 105 cm³/mol. The number of rotatable bonds is 9. The number of benzene rings is 1. The maximum absolute atomic E-state index is 13.9. The fraction of sp³-hybridized carbons (Fsp3) is 0.211. The second-order valence-corrected chi connectivity index (χ2v) is 7.25. The van der Waals surface area contributed by atoms with Crippen LogP contribution in [0.25, 0.3) is 11.4 Å². The second kappa shape index (κ2) is 8.91. The van der Waals surface area contributed by atoms with E-state index in [9.17, 15) is 9.18 Å². The SMILES string of the molecule is NC(=O)CCc1nnc(SCc2nc(-c3ccccc3F)no2)n1Cc1ccco1. The molecular weight excluding hydrogens is 411 g/mol. The van der Waals surface area contributed by atoms with Crippen molar-refractivity contribution in [1.82, 2.24) is 24.9 Å². The monoisotopic (exact) mass is 428 g/mol. The quantitative estimate of drug-likeness (QED) is 0.403. The molecule has 0 bridgehead atoms. The largest absolute Gasteiger partial charge is 0.467 e. The number of carbonyl (C=O) groups excluding carboxylic acids is 1. The highest BCUT2D eigenvalue weighted by atomic mass is 32.2. The van der Waals surface area contributed by atoms with Crippen LogP contribution in [0.1, 0.15) is 23.9 Å². The zero-order valence-corrected chi connectivity index (χ0v) is 16.5. The lowest BCUT2D eigenvalue weighted by Gasteiger charge is -2.07. The Morgan fingerprint density at radius 1 is 1.20 bits per heavy atom. The van der Waals surface area contributed by atoms with Crippen LogP contribution in [0.3, 0.4) is 0 Å². The summed E-state index contributed by atoms with van der Waals surface area (Å²) in [4.78, 5) is 15.4. The molecule has 3 aromatic heterocycles. The van der Waals surface area contributed by atoms with E-state index in [1.807, 2.05) is 10.6 Å². The van der Waals surface area contributed by atoms with Gasteiger partial charge in [-0.25, -0.2) is 4.39 Å². The maximum Gasteiger partial charge on any atom is 0.237 e. The standard InChI is InChI=1S/C19H17FN6O3S/c20-14-6-2-1-5-13(14)18-22-17(29-25-18)11-30-19-24-23-16(8-7-15(21)27)26(19)10-12-4-3-9-28-12/h1-6,9H,7-8,10-11H2,(H2,21,27). The minimum Gasteiger partial charge on any atom is -0.467 e. The fourth-order valence-electron chi connectivity index (χ4n) is 2.75. The molecule has 9 nitrogen and oxygen atoms in total. The summed E-state index contributed by atoms with van der Waals surface area (Å²) >= 11 is 1.33. The highest BCUT2D eigenvalue weighted by Crippen LogP contribution is 2.25. The Labute approximate surface area is 174 Å². The maximum atomic E-state index is 13.9. The average Bonchev–Trinajstić information content (AvgIpc) is 3.47. The van der Waals surface area contributed by atoms with E-state index in [-0.39, 0.29) is 17.8 Å². The zero-order chi connectivity index (χ0) is 20.9. The van der Waals surface area contributed by atoms with Crippen molar-refractivity contribution >= 4 is 17.7 Å². The van der Waals surface area contributed by atoms with Gasteiger partial charge in [0.05, 0.1) is 24.1 Å². The van der Waals surface area contributed by atoms with Crippen molar-refractivity contribution in [3.63, 3.8) is 0 Å². The van der Waals surface area contributed by atoms with Crippen molar-refractivity contribution in [2.24, 2.45) is 5.73 Å². The van der Waals surface area contributed by atoms with Gasteiger partial charge in [-0.1, -0.05) is 29.1 Å². The minimum atomic E-state index is -0.421. The number of hydrogen-bond donors (Lipinski definition) is 1. The molecule has 4 aromatic rings. The van der Waals surface area contributed by atoms with Crippen LogP contribution >= 0.6 is 11.8 Å². The van der Waals surface area contributed by atoms with E-state index in [4.69, 9.17) is 14.7 Å². The summed E-state index contributed by atoms with van der Waals surface area (Å²) in [6.45, 7) is 0.404. The van der Waals surface area contributed by atoms with Crippen molar-refractivity contribution in [2.75, 3.05) is 0 Å². The third-order valence-electron chi connectivity index (χ3n) is 4.19. The summed E-state index contributed by atoms with van der Waals surface area (Å²) in [5.74, 6) is 1.32. The summed E-state index contributed by atoms with van der Waals surface area (Å²) in [7, 11) is 0. The van der Waals surface area contributed by atoms with Gasteiger partial charge in [-0.15, -0.1) is 10.2 Å². The number of halogens is 1. The van der Waals surface area contributed by atoms with Crippen LogP contribution < -0.4 is 5.73 Å². The molecule has 0 saturated heterocycles. The van der Waals surface area contributed by atoms with E-state index in [1.165, 1.54) is 17.8 Å². The van der Waals surface area contributed by atoms with Gasteiger partial charge < -0.3 is 14.7 Å². The Bertz CT molecular complexity index is 1140. The van der Waals surface area contributed by atoms with Gasteiger partial charge in [0, 0.05) is 12.8 Å². The van der Waals surface area contributed by atoms with Gasteiger partial charge >= 0.3 is 0 Å². The Kier molecular flexibility index (Phi) is 5.89. The third-order valence-corrected chi connectivity index (χ3v) is 5.14. The molecule has 0 saturated carbocycles. The number of nitrogens with two attached hydrogens (primary N) is 1. The van der Waals surface area contributed by atoms with Crippen molar-refractivity contribution in [1.29, 1.82) is 0 Å². The van der Waals surface area contributed by atoms with Gasteiger partial charge in [-0.2, -0.15) is 4.98 Å². The number of furan rings is 1. The molecule has 30 heavy (non-hydrogen) atoms. The van der Waals surface area contributed by atoms with E-state index < -0.39 is 11.7 Å². The first kappa shape index (κ1) is 19.8. The molecule has 4 rings (SSSR count). The molecular formula is C19H17FN6O3S. The van der Waals surface area contributed by atoms with Crippen LogP contribution in [-0.4, -0.2) is 30.8 Å². The molecule has 0 aliphatic heterocycles. The normalized spacial score (nSPS) is 11.1. The van der Waals surface area contributed by atoms with Crippen molar-refractivity contribution in [3.8, 4) is 11.4 Å². The van der Waals surface area contributed by atoms with Gasteiger partial charge in [0.15, 0.2) is 5.16 Å². The lowest BCUT2D eigenvalue weighted by atomic mass is 10.2. The number of aromatic nitrogens is 5. The fourth-order valence-corrected chi connectivity index (χ4v) is 3.55. The molecule has 0 unspecified atom stereocenters. The Morgan fingerprint density at radius 3 is 2.83 bits per heavy atom. The summed E-state index contributed by atoms with van der Waals surface area (Å²) in [5.41, 5.74) is 5.52. The average molecular weight is 428 g/mol. The number of hydrogen-bond acceptors (Lipinski definition) is 8. The van der Waals surface area contributed by atoms with Gasteiger partial charge in [0.2, 0.25) is 17.6 Å². The van der Waals surface area contributed by atoms with E-state index in [2.05, 4.69) is 20.3 Å². The highest BCUT2D eigenvalue weighted by molar-refractivity contribution is 7.98. The van der Waals surface area contributed by atoms with Crippen LogP contribution in [0, 0.1) is 5.82 Å². The first-order chi connectivity index (χ1) is 14.6. The van der Waals surface area contributed by atoms with E-state index in [1.54, 1.807) is 30.5 Å². The summed E-state index contributed by atoms with van der Waals surface area (Å²) in [6.07, 6.45) is 2.11. The number of carbonyl (C=O) groups is 1. The number of primary amides is 1. The second-order valence-electron chi connectivity index (χ2n) is 6.31. The van der Waals surface area contributed by atoms with Gasteiger partial charge in [0.1, 0.15) is 17.4 Å². The molecule has 0 spiro atoms. The van der Waals surface area contributed by atoms with E-state index in [0.29, 0.717) is 35.6 Å². The highest BCUT2D eigenvalue weighted by Gasteiger charge is 2.17. The lowest BCUT2D eigenvalue weighted by molar-refractivity contribution is -0.118. The summed E-state index contributed by atoms with van der Waals surface area (Å²) < 4.78 is 26.4. The molecule has 0 aliphatic carbocycles. The topological polar surface area (TPSA) is 126 Å². The lowest BCUT2D eigenvalue weighted by Crippen LogP contribution is -2.14. The van der Waals surface area contributed by atoms with Crippen LogP contribution in [0.4, 0.5) is 4.39 Å². The van der Waals surface area contributed by atoms with E-state index >= 15 is 0 Å². The molecule has 1 aromatic carbocycles. The van der Waals surface area contributed by atoms with Crippen molar-refractivity contribution < 1.29 is 18.1 Å². The molecule has 2 N–H and O–H groups in total. The molecule has 0 atom stereocenters. The number of aryl methyl sites for hydroxylation is 1. The first-order valence-corrected chi connectivity index (χ1v) is 10.0. The molecule has 154 valence electrons. The predicted octanol–water partition coefficient (Wildman–Crippen LogP) is 2.82. The molecule has 11 heteroatoms. The Hall–Kier alpha value is -3.47. The molecule has 0 aliphatic rings. The smallest absolute Gasteiger partial charge is 0.237 e. The molecule has 1 amide bonds. The van der Waals surface area contributed by atoms with Crippen LogP contribution in [0.15, 0.2) is 56.8 Å². The summed E-state index contributed by atoms with van der Waals surface area (Å²) in [5, 5.41) is 12.8. The van der Waals surface area contributed by atoms with Crippen LogP contribution in [0.2, 0.25) is 0 Å². The molecule has 0 radical (unpaired) electrons. The molecule has 0 fully saturated rings. The Morgan fingerprint density at radius 2 is 2.07 bits per heavy atom. The van der Waals surface area contributed by atoms with Crippen molar-refractivity contribution in [3.05, 3.63) is 66.0 Å². The third kappa shape index (κ3) is 4.57. The number of nitrogens with zero attached hydrogens (tertiary/aromatic N) is 5. The van der Waals surface area contributed by atoms with E-state index in [0.717, 1.165) is 5.76 Å². The van der Waals surface area contributed by atoms with Crippen LogP contribution in [-0.2, 0) is 23.5 Å². The van der Waals surface area contributed by atoms with Gasteiger partial charge in [0.25, 0.3) is 0 Å². The van der Waals surface area contributed by atoms with Gasteiger partial charge in [-0.05, 0) is 24.3 Å². The minimum absolute atomic E-state index is 0.163. The van der Waals surface area contributed by atoms with Crippen molar-refractivity contribution in [2.45, 2.75) is 30.3 Å². The Balaban J connectivity index is 1.50. The number of thioether (sulfide) groups is 1. The zero-order valence-electron chi connectivity index (χ0n) is 15.7.